The molecule has 5 nitrogen and oxygen atoms in total. The summed E-state index contributed by atoms with van der Waals surface area (Å²) in [5.41, 5.74) is 0.913. The Morgan fingerprint density at radius 1 is 1.37 bits per heavy atom. The number of nitrogens with one attached hydrogen (secondary N) is 1. The van der Waals surface area contributed by atoms with Crippen LogP contribution in [0.3, 0.4) is 0 Å². The average molecular weight is 260 g/mol. The summed E-state index contributed by atoms with van der Waals surface area (Å²) in [6, 6.07) is 2.54. The van der Waals surface area contributed by atoms with E-state index < -0.39 is 0 Å². The number of hydrogen-bond donors (Lipinski definition) is 1. The first kappa shape index (κ1) is 12.3. The van der Waals surface area contributed by atoms with Gasteiger partial charge in [-0.2, -0.15) is 0 Å². The van der Waals surface area contributed by atoms with Gasteiger partial charge >= 0.3 is 0 Å². The quantitative estimate of drug-likeness (QED) is 0.916. The molecule has 0 radical (unpaired) electrons. The molecule has 0 aromatic carbocycles. The molecule has 102 valence electrons. The third-order valence-corrected chi connectivity index (χ3v) is 3.74. The lowest BCUT2D eigenvalue weighted by molar-refractivity contribution is 0.355. The summed E-state index contributed by atoms with van der Waals surface area (Å²) in [5.74, 6) is 1.78. The van der Waals surface area contributed by atoms with Gasteiger partial charge in [0.2, 0.25) is 5.95 Å². The summed E-state index contributed by atoms with van der Waals surface area (Å²) >= 11 is 0. The average Bonchev–Trinajstić information content (AvgIpc) is 3.06. The van der Waals surface area contributed by atoms with E-state index in [0.29, 0.717) is 12.6 Å². The van der Waals surface area contributed by atoms with Crippen LogP contribution in [0.2, 0.25) is 0 Å². The van der Waals surface area contributed by atoms with E-state index in [4.69, 9.17) is 4.52 Å². The maximum absolute atomic E-state index is 5.06. The topological polar surface area (TPSA) is 55.9 Å². The van der Waals surface area contributed by atoms with Crippen LogP contribution >= 0.6 is 0 Å². The molecule has 0 aliphatic heterocycles. The van der Waals surface area contributed by atoms with Crippen LogP contribution in [0.25, 0.3) is 0 Å². The van der Waals surface area contributed by atoms with Gasteiger partial charge in [-0.25, -0.2) is 4.98 Å². The Bertz CT molecular complexity index is 525. The maximum Gasteiger partial charge on any atom is 0.203 e. The second-order valence-corrected chi connectivity index (χ2v) is 5.23. The van der Waals surface area contributed by atoms with Crippen molar-refractivity contribution in [1.29, 1.82) is 0 Å². The van der Waals surface area contributed by atoms with E-state index >= 15 is 0 Å². The van der Waals surface area contributed by atoms with E-state index in [0.717, 1.165) is 17.4 Å². The monoisotopic (exact) mass is 260 g/mol. The molecular formula is C14H20N4O. The fourth-order valence-electron chi connectivity index (χ4n) is 2.77. The van der Waals surface area contributed by atoms with Crippen molar-refractivity contribution >= 4 is 5.95 Å². The molecule has 2 heterocycles. The maximum atomic E-state index is 5.06. The molecule has 1 fully saturated rings. The zero-order valence-electron chi connectivity index (χ0n) is 11.3. The molecule has 19 heavy (non-hydrogen) atoms. The fraction of sp³-hybridized carbons (Fsp3) is 0.571. The highest BCUT2D eigenvalue weighted by Crippen LogP contribution is 2.30. The van der Waals surface area contributed by atoms with Crippen molar-refractivity contribution in [2.75, 3.05) is 5.32 Å². The Labute approximate surface area is 113 Å². The van der Waals surface area contributed by atoms with Crippen LogP contribution < -0.4 is 5.32 Å². The summed E-state index contributed by atoms with van der Waals surface area (Å²) in [6.07, 6.45) is 10.5. The van der Waals surface area contributed by atoms with E-state index in [1.807, 2.05) is 19.2 Å². The number of aryl methyl sites for hydroxylation is 1. The summed E-state index contributed by atoms with van der Waals surface area (Å²) < 4.78 is 7.33. The third kappa shape index (κ3) is 2.80. The predicted octanol–water partition coefficient (Wildman–Crippen LogP) is 3.30. The molecule has 0 saturated heterocycles. The van der Waals surface area contributed by atoms with Gasteiger partial charge in [0.1, 0.15) is 11.5 Å². The predicted molar refractivity (Wildman–Crippen MR) is 72.9 cm³/mol. The molecule has 2 aromatic rings. The molecule has 0 bridgehead atoms. The minimum atomic E-state index is 0.595. The van der Waals surface area contributed by atoms with E-state index in [2.05, 4.69) is 26.2 Å². The smallest absolute Gasteiger partial charge is 0.203 e. The highest BCUT2D eigenvalue weighted by atomic mass is 16.5. The zero-order chi connectivity index (χ0) is 13.1. The number of hydrogen-bond acceptors (Lipinski definition) is 4. The lowest BCUT2D eigenvalue weighted by Crippen LogP contribution is -2.15. The Hall–Kier alpha value is -1.78. The van der Waals surface area contributed by atoms with Crippen LogP contribution in [-0.2, 0) is 6.54 Å². The zero-order valence-corrected chi connectivity index (χ0v) is 11.3. The highest BCUT2D eigenvalue weighted by Gasteiger charge is 2.17. The van der Waals surface area contributed by atoms with Crippen LogP contribution in [-0.4, -0.2) is 14.7 Å². The number of nitrogens with zero attached hydrogens (tertiary/aromatic N) is 3. The number of anilines is 1. The van der Waals surface area contributed by atoms with Crippen LogP contribution in [0.1, 0.15) is 49.6 Å². The molecule has 0 unspecified atom stereocenters. The lowest BCUT2D eigenvalue weighted by Gasteiger charge is -2.24. The van der Waals surface area contributed by atoms with Crippen molar-refractivity contribution in [2.24, 2.45) is 0 Å². The first-order chi connectivity index (χ1) is 9.33. The summed E-state index contributed by atoms with van der Waals surface area (Å²) in [5, 5.41) is 7.33. The van der Waals surface area contributed by atoms with Gasteiger partial charge in [0.25, 0.3) is 0 Å². The molecule has 3 rings (SSSR count). The Morgan fingerprint density at radius 2 is 2.21 bits per heavy atom. The Morgan fingerprint density at radius 3 is 2.95 bits per heavy atom. The van der Waals surface area contributed by atoms with Gasteiger partial charge < -0.3 is 14.4 Å². The SMILES string of the molecule is Cc1cc(CNc2nccn2C2CCCCC2)no1. The van der Waals surface area contributed by atoms with Crippen LogP contribution in [0, 0.1) is 6.92 Å². The molecule has 0 spiro atoms. The Balaban J connectivity index is 1.66. The van der Waals surface area contributed by atoms with E-state index in [1.54, 1.807) is 0 Å². The highest BCUT2D eigenvalue weighted by molar-refractivity contribution is 5.28. The minimum Gasteiger partial charge on any atom is -0.361 e. The van der Waals surface area contributed by atoms with Crippen molar-refractivity contribution in [3.05, 3.63) is 29.9 Å². The largest absolute Gasteiger partial charge is 0.361 e. The van der Waals surface area contributed by atoms with Gasteiger partial charge in [0.05, 0.1) is 6.54 Å². The van der Waals surface area contributed by atoms with Crippen molar-refractivity contribution in [1.82, 2.24) is 14.7 Å². The van der Waals surface area contributed by atoms with Gasteiger partial charge in [-0.3, -0.25) is 0 Å². The van der Waals surface area contributed by atoms with Crippen molar-refractivity contribution in [2.45, 2.75) is 51.6 Å². The third-order valence-electron chi connectivity index (χ3n) is 3.74. The molecule has 1 N–H and O–H groups in total. The fourth-order valence-corrected chi connectivity index (χ4v) is 2.77. The van der Waals surface area contributed by atoms with Gasteiger partial charge in [-0.05, 0) is 19.8 Å². The molecule has 0 atom stereocenters. The van der Waals surface area contributed by atoms with Crippen molar-refractivity contribution in [3.8, 4) is 0 Å². The molecule has 1 saturated carbocycles. The number of aromatic nitrogens is 3. The molecule has 2 aromatic heterocycles. The standard InChI is InChI=1S/C14H20N4O/c1-11-9-12(17-19-11)10-16-14-15-7-8-18(14)13-5-3-2-4-6-13/h7-9,13H,2-6,10H2,1H3,(H,15,16). The minimum absolute atomic E-state index is 0.595. The van der Waals surface area contributed by atoms with E-state index in [9.17, 15) is 0 Å². The molecule has 5 heteroatoms. The lowest BCUT2D eigenvalue weighted by atomic mass is 9.95. The summed E-state index contributed by atoms with van der Waals surface area (Å²) in [6.45, 7) is 2.56. The van der Waals surface area contributed by atoms with E-state index in [1.165, 1.54) is 32.1 Å². The van der Waals surface area contributed by atoms with Crippen LogP contribution in [0.15, 0.2) is 23.0 Å². The van der Waals surface area contributed by atoms with Gasteiger partial charge in [-0.15, -0.1) is 0 Å². The second-order valence-electron chi connectivity index (χ2n) is 5.23. The summed E-state index contributed by atoms with van der Waals surface area (Å²) in [4.78, 5) is 4.41. The second kappa shape index (κ2) is 5.47. The van der Waals surface area contributed by atoms with Crippen LogP contribution in [0.4, 0.5) is 5.95 Å². The molecule has 0 amide bonds. The summed E-state index contributed by atoms with van der Waals surface area (Å²) in [7, 11) is 0. The number of imidazole rings is 1. The first-order valence-corrected chi connectivity index (χ1v) is 7.02. The Kier molecular flexibility index (Phi) is 3.53. The molecular weight excluding hydrogens is 240 g/mol. The first-order valence-electron chi connectivity index (χ1n) is 7.02. The van der Waals surface area contributed by atoms with Crippen molar-refractivity contribution in [3.63, 3.8) is 0 Å². The molecule has 1 aliphatic carbocycles. The normalized spacial score (nSPS) is 16.7. The number of rotatable bonds is 4. The van der Waals surface area contributed by atoms with Gasteiger partial charge in [-0.1, -0.05) is 24.4 Å². The van der Waals surface area contributed by atoms with Gasteiger partial charge in [0.15, 0.2) is 0 Å². The molecule has 1 aliphatic rings. The van der Waals surface area contributed by atoms with E-state index in [-0.39, 0.29) is 0 Å². The van der Waals surface area contributed by atoms with Gasteiger partial charge in [0, 0.05) is 24.5 Å². The van der Waals surface area contributed by atoms with Crippen molar-refractivity contribution < 1.29 is 4.52 Å². The van der Waals surface area contributed by atoms with Crippen LogP contribution in [0.5, 0.6) is 0 Å².